The molecule has 6 aromatic carbocycles. The fourth-order valence-corrected chi connectivity index (χ4v) is 6.29. The summed E-state index contributed by atoms with van der Waals surface area (Å²) in [6.45, 7) is 0. The number of hydrogen-bond acceptors (Lipinski definition) is 4. The van der Waals surface area contributed by atoms with Crippen molar-refractivity contribution in [3.8, 4) is 45.0 Å². The molecule has 8 rings (SSSR count). The fourth-order valence-electron chi connectivity index (χ4n) is 6.29. The molecule has 1 aliphatic rings. The van der Waals surface area contributed by atoms with Crippen molar-refractivity contribution in [2.75, 3.05) is 0 Å². The van der Waals surface area contributed by atoms with E-state index in [0.29, 0.717) is 5.82 Å². The summed E-state index contributed by atoms with van der Waals surface area (Å²) in [5.41, 5.74) is 14.1. The maximum Gasteiger partial charge on any atom is 0.160 e. The maximum absolute atomic E-state index is 8.39. The molecule has 0 saturated heterocycles. The van der Waals surface area contributed by atoms with E-state index in [1.165, 1.54) is 6.21 Å². The molecule has 2 heterocycles. The molecule has 49 heavy (non-hydrogen) atoms. The Bertz CT molecular complexity index is 2270. The Kier molecular flexibility index (Phi) is 8.02. The lowest BCUT2D eigenvalue weighted by molar-refractivity contribution is 1.18. The second kappa shape index (κ2) is 13.2. The number of aromatic nitrogens is 2. The molecule has 4 nitrogen and oxygen atoms in total. The van der Waals surface area contributed by atoms with Crippen LogP contribution in [0.25, 0.3) is 68.1 Å². The van der Waals surface area contributed by atoms with Gasteiger partial charge in [-0.1, -0.05) is 158 Å². The van der Waals surface area contributed by atoms with Crippen LogP contribution in [0, 0.1) is 5.41 Å². The minimum Gasteiger partial charge on any atom is -0.354 e. The molecule has 0 bridgehead atoms. The predicted molar refractivity (Wildman–Crippen MR) is 203 cm³/mol. The van der Waals surface area contributed by atoms with Crippen molar-refractivity contribution >= 4 is 29.3 Å². The van der Waals surface area contributed by atoms with Crippen molar-refractivity contribution in [3.63, 3.8) is 0 Å². The number of fused-ring (bicyclic) bond motifs is 1. The third-order valence-electron chi connectivity index (χ3n) is 8.81. The van der Waals surface area contributed by atoms with E-state index in [0.717, 1.165) is 78.4 Å². The quantitative estimate of drug-likeness (QED) is 0.173. The molecule has 1 aromatic heterocycles. The van der Waals surface area contributed by atoms with Crippen LogP contribution in [0.1, 0.15) is 22.3 Å². The van der Waals surface area contributed by atoms with Crippen LogP contribution >= 0.6 is 0 Å². The van der Waals surface area contributed by atoms with E-state index in [4.69, 9.17) is 15.4 Å². The first-order valence-corrected chi connectivity index (χ1v) is 16.3. The van der Waals surface area contributed by atoms with Gasteiger partial charge in [0.05, 0.1) is 17.1 Å². The second-order valence-electron chi connectivity index (χ2n) is 11.9. The summed E-state index contributed by atoms with van der Waals surface area (Å²) in [6, 6.07) is 58.1. The lowest BCUT2D eigenvalue weighted by Crippen LogP contribution is -2.18. The molecular weight excluding hydrogens is 597 g/mol. The molecule has 0 atom stereocenters. The first-order chi connectivity index (χ1) is 24.2. The van der Waals surface area contributed by atoms with Gasteiger partial charge < -0.3 is 10.7 Å². The van der Waals surface area contributed by atoms with E-state index in [-0.39, 0.29) is 0 Å². The Morgan fingerprint density at radius 2 is 1.00 bits per heavy atom. The zero-order valence-electron chi connectivity index (χ0n) is 26.7. The average molecular weight is 629 g/mol. The summed E-state index contributed by atoms with van der Waals surface area (Å²) in [6.07, 6.45) is 3.65. The van der Waals surface area contributed by atoms with E-state index >= 15 is 0 Å². The van der Waals surface area contributed by atoms with Crippen molar-refractivity contribution < 1.29 is 0 Å². The summed E-state index contributed by atoms with van der Waals surface area (Å²) in [7, 11) is 0. The van der Waals surface area contributed by atoms with Crippen molar-refractivity contribution in [3.05, 3.63) is 192 Å². The summed E-state index contributed by atoms with van der Waals surface area (Å²) < 4.78 is 0. The normalized spacial score (nSPS) is 13.1. The number of hydrogen-bond donors (Lipinski definition) is 2. The van der Waals surface area contributed by atoms with Crippen molar-refractivity contribution in [2.24, 2.45) is 0 Å². The maximum atomic E-state index is 8.39. The van der Waals surface area contributed by atoms with Crippen LogP contribution in [0.3, 0.4) is 0 Å². The Labute approximate surface area is 286 Å². The highest BCUT2D eigenvalue weighted by Gasteiger charge is 2.20. The summed E-state index contributed by atoms with van der Waals surface area (Å²) in [5.74, 6) is 0.703. The first-order valence-electron chi connectivity index (χ1n) is 16.3. The van der Waals surface area contributed by atoms with E-state index in [1.54, 1.807) is 0 Å². The molecule has 0 aliphatic carbocycles. The van der Waals surface area contributed by atoms with E-state index in [1.807, 2.05) is 84.9 Å². The van der Waals surface area contributed by atoms with Gasteiger partial charge in [0.15, 0.2) is 5.82 Å². The highest BCUT2D eigenvalue weighted by molar-refractivity contribution is 6.20. The number of allylic oxidation sites excluding steroid dienone is 1. The molecule has 232 valence electrons. The molecular formula is C45H32N4. The van der Waals surface area contributed by atoms with Crippen molar-refractivity contribution in [2.45, 2.75) is 0 Å². The van der Waals surface area contributed by atoms with Crippen LogP contribution in [-0.4, -0.2) is 16.2 Å². The monoisotopic (exact) mass is 628 g/mol. The fraction of sp³-hybridized carbons (Fsp3) is 0. The van der Waals surface area contributed by atoms with E-state index < -0.39 is 0 Å². The molecule has 7 aromatic rings. The predicted octanol–water partition coefficient (Wildman–Crippen LogP) is 10.8. The Hall–Kier alpha value is -6.65. The molecule has 0 amide bonds. The standard InChI is InChI=1S/C45H32N4/c46-30-40(32-13-5-1-6-14-32)44-39-26-25-37(27-38(39)28-41(47-44)33-15-7-2-8-16-33)31-21-23-35(24-22-31)43-29-42(34-17-9-3-10-18-34)48-45(49-43)36-19-11-4-12-20-36/h1-30,46-47H/b44-40+,46-30?. The first kappa shape index (κ1) is 29.7. The van der Waals surface area contributed by atoms with Crippen LogP contribution in [0.5, 0.6) is 0 Å². The third kappa shape index (κ3) is 6.11. The summed E-state index contributed by atoms with van der Waals surface area (Å²) >= 11 is 0. The van der Waals surface area contributed by atoms with Gasteiger partial charge in [-0.15, -0.1) is 0 Å². The molecule has 0 spiro atoms. The molecule has 0 unspecified atom stereocenters. The van der Waals surface area contributed by atoms with Gasteiger partial charge in [0.2, 0.25) is 0 Å². The summed E-state index contributed by atoms with van der Waals surface area (Å²) in [4.78, 5) is 9.94. The molecule has 4 heteroatoms. The van der Waals surface area contributed by atoms with Crippen LogP contribution in [0.15, 0.2) is 170 Å². The van der Waals surface area contributed by atoms with Crippen LogP contribution in [-0.2, 0) is 0 Å². The minimum absolute atomic E-state index is 0.703. The van der Waals surface area contributed by atoms with Gasteiger partial charge in [-0.2, -0.15) is 0 Å². The molecule has 0 fully saturated rings. The Balaban J connectivity index is 1.19. The van der Waals surface area contributed by atoms with Gasteiger partial charge in [-0.25, -0.2) is 9.97 Å². The molecule has 2 N–H and O–H groups in total. The van der Waals surface area contributed by atoms with Crippen molar-refractivity contribution in [1.82, 2.24) is 15.3 Å². The molecule has 1 aliphatic heterocycles. The van der Waals surface area contributed by atoms with Crippen molar-refractivity contribution in [1.29, 1.82) is 5.41 Å². The van der Waals surface area contributed by atoms with Gasteiger partial charge >= 0.3 is 0 Å². The van der Waals surface area contributed by atoms with Gasteiger partial charge in [-0.3, -0.25) is 0 Å². The topological polar surface area (TPSA) is 61.7 Å². The summed E-state index contributed by atoms with van der Waals surface area (Å²) in [5, 5.41) is 12.1. The van der Waals surface area contributed by atoms with Gasteiger partial charge in [-0.05, 0) is 46.0 Å². The SMILES string of the molecule is N=C/C(=C1\NC(c2ccccc2)=Cc2cc(-c3ccc(-c4cc(-c5ccccc5)nc(-c5ccccc5)n4)cc3)ccc21)c1ccccc1. The smallest absolute Gasteiger partial charge is 0.160 e. The number of rotatable bonds is 7. The average Bonchev–Trinajstić information content (AvgIpc) is 3.19. The number of nitrogens with one attached hydrogen (secondary N) is 2. The highest BCUT2D eigenvalue weighted by atomic mass is 14.9. The van der Waals surface area contributed by atoms with Gasteiger partial charge in [0, 0.05) is 39.7 Å². The minimum atomic E-state index is 0.703. The number of benzene rings is 6. The third-order valence-corrected chi connectivity index (χ3v) is 8.81. The largest absolute Gasteiger partial charge is 0.354 e. The van der Waals surface area contributed by atoms with E-state index in [2.05, 4.69) is 96.3 Å². The highest BCUT2D eigenvalue weighted by Crippen LogP contribution is 2.37. The van der Waals surface area contributed by atoms with Gasteiger partial charge in [0.25, 0.3) is 0 Å². The Morgan fingerprint density at radius 1 is 0.490 bits per heavy atom. The number of nitrogens with zero attached hydrogens (tertiary/aromatic N) is 2. The van der Waals surface area contributed by atoms with Crippen LogP contribution in [0.2, 0.25) is 0 Å². The lowest BCUT2D eigenvalue weighted by Gasteiger charge is -2.25. The van der Waals surface area contributed by atoms with E-state index in [9.17, 15) is 0 Å². The van der Waals surface area contributed by atoms with Gasteiger partial charge in [0.1, 0.15) is 0 Å². The Morgan fingerprint density at radius 3 is 1.61 bits per heavy atom. The van der Waals surface area contributed by atoms with Crippen LogP contribution in [0.4, 0.5) is 0 Å². The molecule has 0 radical (unpaired) electrons. The zero-order valence-corrected chi connectivity index (χ0v) is 26.7. The van der Waals surface area contributed by atoms with Crippen LogP contribution < -0.4 is 5.32 Å². The zero-order chi connectivity index (χ0) is 33.0. The second-order valence-corrected chi connectivity index (χ2v) is 11.9. The lowest BCUT2D eigenvalue weighted by atomic mass is 9.90. The molecule has 0 saturated carbocycles.